The van der Waals surface area contributed by atoms with Crippen LogP contribution in [0.15, 0.2) is 12.1 Å². The second-order valence-electron chi connectivity index (χ2n) is 5.51. The van der Waals surface area contributed by atoms with Gasteiger partial charge < -0.3 is 16.2 Å². The van der Waals surface area contributed by atoms with E-state index in [0.717, 1.165) is 25.7 Å². The maximum atomic E-state index is 14.0. The van der Waals surface area contributed by atoms with Crippen molar-refractivity contribution in [3.05, 3.63) is 29.1 Å². The molecule has 0 heterocycles. The fraction of sp³-hybridized carbons (Fsp3) is 0.533. The van der Waals surface area contributed by atoms with Crippen LogP contribution in [0.1, 0.15) is 41.6 Å². The third kappa shape index (κ3) is 3.10. The SMILES string of the molecule is Cc1cc(N)cc(C(=O)NC2CCCCC2CO)c1F. The number of halogens is 1. The summed E-state index contributed by atoms with van der Waals surface area (Å²) in [6.45, 7) is 1.63. The van der Waals surface area contributed by atoms with Crippen LogP contribution in [-0.2, 0) is 0 Å². The zero-order chi connectivity index (χ0) is 14.7. The predicted molar refractivity (Wildman–Crippen MR) is 75.8 cm³/mol. The number of nitrogens with two attached hydrogens (primary N) is 1. The molecule has 0 spiro atoms. The summed E-state index contributed by atoms with van der Waals surface area (Å²) in [5.41, 5.74) is 6.37. The molecule has 1 saturated carbocycles. The van der Waals surface area contributed by atoms with Gasteiger partial charge in [-0.05, 0) is 37.5 Å². The first-order valence-electron chi connectivity index (χ1n) is 7.00. The quantitative estimate of drug-likeness (QED) is 0.741. The van der Waals surface area contributed by atoms with E-state index in [9.17, 15) is 14.3 Å². The first-order chi connectivity index (χ1) is 9.52. The number of nitrogen functional groups attached to an aromatic ring is 1. The summed E-state index contributed by atoms with van der Waals surface area (Å²) in [6, 6.07) is 2.76. The largest absolute Gasteiger partial charge is 0.399 e. The number of rotatable bonds is 3. The number of carbonyl (C=O) groups excluding carboxylic acids is 1. The minimum atomic E-state index is -0.534. The van der Waals surface area contributed by atoms with Crippen LogP contribution in [0, 0.1) is 18.7 Å². The molecule has 0 saturated heterocycles. The van der Waals surface area contributed by atoms with E-state index < -0.39 is 11.7 Å². The zero-order valence-electron chi connectivity index (χ0n) is 11.7. The summed E-state index contributed by atoms with van der Waals surface area (Å²) in [7, 11) is 0. The fourth-order valence-electron chi connectivity index (χ4n) is 2.83. The van der Waals surface area contributed by atoms with Crippen molar-refractivity contribution >= 4 is 11.6 Å². The van der Waals surface area contributed by atoms with Gasteiger partial charge in [0.15, 0.2) is 0 Å². The number of hydrogen-bond donors (Lipinski definition) is 3. The highest BCUT2D eigenvalue weighted by Crippen LogP contribution is 2.25. The van der Waals surface area contributed by atoms with Crippen LogP contribution in [0.2, 0.25) is 0 Å². The Morgan fingerprint density at radius 1 is 1.45 bits per heavy atom. The highest BCUT2D eigenvalue weighted by atomic mass is 19.1. The average Bonchev–Trinajstić information content (AvgIpc) is 2.43. The molecule has 2 unspecified atom stereocenters. The van der Waals surface area contributed by atoms with E-state index >= 15 is 0 Å². The number of aliphatic hydroxyl groups is 1. The third-order valence-corrected chi connectivity index (χ3v) is 3.98. The molecule has 1 fully saturated rings. The summed E-state index contributed by atoms with van der Waals surface area (Å²) in [5, 5.41) is 12.2. The number of anilines is 1. The Morgan fingerprint density at radius 2 is 2.15 bits per heavy atom. The maximum Gasteiger partial charge on any atom is 0.254 e. The van der Waals surface area contributed by atoms with E-state index in [2.05, 4.69) is 5.32 Å². The van der Waals surface area contributed by atoms with Crippen LogP contribution in [-0.4, -0.2) is 23.7 Å². The van der Waals surface area contributed by atoms with Gasteiger partial charge in [-0.2, -0.15) is 0 Å². The Morgan fingerprint density at radius 3 is 2.85 bits per heavy atom. The van der Waals surface area contributed by atoms with E-state index in [1.807, 2.05) is 0 Å². The van der Waals surface area contributed by atoms with Gasteiger partial charge in [0.1, 0.15) is 5.82 Å². The Balaban J connectivity index is 2.15. The molecule has 1 amide bonds. The molecule has 0 bridgehead atoms. The number of benzene rings is 1. The molecule has 0 radical (unpaired) electrons. The minimum absolute atomic E-state index is 0.0234. The first kappa shape index (κ1) is 14.8. The van der Waals surface area contributed by atoms with Crippen LogP contribution in [0.5, 0.6) is 0 Å². The molecule has 0 aromatic heterocycles. The van der Waals surface area contributed by atoms with E-state index in [4.69, 9.17) is 5.73 Å². The van der Waals surface area contributed by atoms with Crippen LogP contribution in [0.4, 0.5) is 10.1 Å². The predicted octanol–water partition coefficient (Wildman–Crippen LogP) is 2.00. The third-order valence-electron chi connectivity index (χ3n) is 3.98. The van der Waals surface area contributed by atoms with Gasteiger partial charge in [-0.1, -0.05) is 12.8 Å². The summed E-state index contributed by atoms with van der Waals surface area (Å²) < 4.78 is 14.0. The van der Waals surface area contributed by atoms with E-state index in [0.29, 0.717) is 11.3 Å². The summed E-state index contributed by atoms with van der Waals surface area (Å²) in [4.78, 5) is 12.2. The van der Waals surface area contributed by atoms with Gasteiger partial charge in [0.05, 0.1) is 5.56 Å². The Hall–Kier alpha value is -1.62. The number of amides is 1. The lowest BCUT2D eigenvalue weighted by molar-refractivity contribution is 0.0868. The van der Waals surface area contributed by atoms with E-state index in [1.165, 1.54) is 12.1 Å². The Bertz CT molecular complexity index is 505. The molecule has 2 rings (SSSR count). The number of aryl methyl sites for hydroxylation is 1. The molecule has 1 aliphatic rings. The number of nitrogens with one attached hydrogen (secondary N) is 1. The lowest BCUT2D eigenvalue weighted by Crippen LogP contribution is -2.43. The Kier molecular flexibility index (Phi) is 4.60. The summed E-state index contributed by atoms with van der Waals surface area (Å²) in [6.07, 6.45) is 3.78. The van der Waals surface area contributed by atoms with Crippen molar-refractivity contribution < 1.29 is 14.3 Å². The van der Waals surface area contributed by atoms with Crippen molar-refractivity contribution in [3.63, 3.8) is 0 Å². The molecule has 4 N–H and O–H groups in total. The van der Waals surface area contributed by atoms with Gasteiger partial charge >= 0.3 is 0 Å². The normalized spacial score (nSPS) is 22.6. The molecular formula is C15H21FN2O2. The molecule has 2 atom stereocenters. The van der Waals surface area contributed by atoms with Crippen LogP contribution >= 0.6 is 0 Å². The smallest absolute Gasteiger partial charge is 0.254 e. The molecule has 1 aromatic carbocycles. The topological polar surface area (TPSA) is 75.4 Å². The van der Waals surface area contributed by atoms with Gasteiger partial charge in [-0.25, -0.2) is 4.39 Å². The van der Waals surface area contributed by atoms with Gasteiger partial charge in [0.2, 0.25) is 0 Å². The summed E-state index contributed by atoms with van der Waals surface area (Å²) in [5.74, 6) is -0.936. The lowest BCUT2D eigenvalue weighted by atomic mass is 9.85. The molecule has 20 heavy (non-hydrogen) atoms. The van der Waals surface area contributed by atoms with Gasteiger partial charge in [0.25, 0.3) is 5.91 Å². The van der Waals surface area contributed by atoms with Gasteiger partial charge in [-0.3, -0.25) is 4.79 Å². The minimum Gasteiger partial charge on any atom is -0.399 e. The highest BCUT2D eigenvalue weighted by molar-refractivity contribution is 5.95. The maximum absolute atomic E-state index is 14.0. The summed E-state index contributed by atoms with van der Waals surface area (Å²) >= 11 is 0. The number of carbonyl (C=O) groups is 1. The first-order valence-corrected chi connectivity index (χ1v) is 7.00. The zero-order valence-corrected chi connectivity index (χ0v) is 11.7. The van der Waals surface area contributed by atoms with Crippen molar-refractivity contribution in [1.29, 1.82) is 0 Å². The second kappa shape index (κ2) is 6.22. The van der Waals surface area contributed by atoms with E-state index in [1.54, 1.807) is 6.92 Å². The number of hydrogen-bond acceptors (Lipinski definition) is 3. The lowest BCUT2D eigenvalue weighted by Gasteiger charge is -2.31. The van der Waals surface area contributed by atoms with Crippen LogP contribution in [0.25, 0.3) is 0 Å². The average molecular weight is 280 g/mol. The van der Waals surface area contributed by atoms with Crippen molar-refractivity contribution in [2.75, 3.05) is 12.3 Å². The van der Waals surface area contributed by atoms with Crippen molar-refractivity contribution in [3.8, 4) is 0 Å². The monoisotopic (exact) mass is 280 g/mol. The van der Waals surface area contributed by atoms with Crippen molar-refractivity contribution in [1.82, 2.24) is 5.32 Å². The molecule has 0 aliphatic heterocycles. The van der Waals surface area contributed by atoms with Crippen molar-refractivity contribution in [2.45, 2.75) is 38.6 Å². The van der Waals surface area contributed by atoms with Crippen LogP contribution in [0.3, 0.4) is 0 Å². The fourth-order valence-corrected chi connectivity index (χ4v) is 2.83. The molecular weight excluding hydrogens is 259 g/mol. The van der Waals surface area contributed by atoms with Crippen LogP contribution < -0.4 is 11.1 Å². The molecule has 1 aliphatic carbocycles. The highest BCUT2D eigenvalue weighted by Gasteiger charge is 2.27. The molecule has 5 heteroatoms. The second-order valence-corrected chi connectivity index (χ2v) is 5.51. The molecule has 1 aromatic rings. The van der Waals surface area contributed by atoms with E-state index in [-0.39, 0.29) is 24.1 Å². The molecule has 110 valence electrons. The van der Waals surface area contributed by atoms with Gasteiger partial charge in [0, 0.05) is 24.3 Å². The van der Waals surface area contributed by atoms with Crippen molar-refractivity contribution in [2.24, 2.45) is 5.92 Å². The standard InChI is InChI=1S/C15H21FN2O2/c1-9-6-11(17)7-12(14(9)16)15(20)18-13-5-3-2-4-10(13)8-19/h6-7,10,13,19H,2-5,8,17H2,1H3,(H,18,20). The molecule has 4 nitrogen and oxygen atoms in total. The Labute approximate surface area is 118 Å². The van der Waals surface area contributed by atoms with Gasteiger partial charge in [-0.15, -0.1) is 0 Å². The number of aliphatic hydroxyl groups excluding tert-OH is 1.